The minimum absolute atomic E-state index is 0.175. The molecule has 0 bridgehead atoms. The predicted octanol–water partition coefficient (Wildman–Crippen LogP) is 6.04. The molecule has 1 unspecified atom stereocenters. The zero-order valence-corrected chi connectivity index (χ0v) is 21.0. The molecule has 2 aromatic carbocycles. The van der Waals surface area contributed by atoms with Crippen LogP contribution in [0.15, 0.2) is 42.0 Å². The van der Waals surface area contributed by atoms with E-state index in [0.29, 0.717) is 42.6 Å². The predicted molar refractivity (Wildman–Crippen MR) is 136 cm³/mol. The van der Waals surface area contributed by atoms with E-state index in [1.54, 1.807) is 13.0 Å². The SMILES string of the molecule is Cc1ccc2c(c1F)CC(C)(c1ccccc1F)C2=C1CCN(C(=O)CCN2CCCCC2)CC1. The fraction of sp³-hybridized carbons (Fsp3) is 0.500. The summed E-state index contributed by atoms with van der Waals surface area (Å²) in [6.45, 7) is 8.25. The molecule has 0 N–H and O–H groups in total. The van der Waals surface area contributed by atoms with E-state index in [4.69, 9.17) is 0 Å². The van der Waals surface area contributed by atoms with Gasteiger partial charge in [0.2, 0.25) is 5.91 Å². The molecule has 0 radical (unpaired) electrons. The summed E-state index contributed by atoms with van der Waals surface area (Å²) < 4.78 is 30.3. The van der Waals surface area contributed by atoms with Crippen molar-refractivity contribution in [1.82, 2.24) is 9.80 Å². The number of nitrogens with zero attached hydrogens (tertiary/aromatic N) is 2. The number of fused-ring (bicyclic) bond motifs is 1. The first-order valence-corrected chi connectivity index (χ1v) is 13.1. The van der Waals surface area contributed by atoms with Crippen LogP contribution in [0, 0.1) is 18.6 Å². The van der Waals surface area contributed by atoms with E-state index < -0.39 is 5.41 Å². The molecule has 5 rings (SSSR count). The van der Waals surface area contributed by atoms with Gasteiger partial charge in [-0.15, -0.1) is 0 Å². The van der Waals surface area contributed by atoms with Gasteiger partial charge < -0.3 is 9.80 Å². The Morgan fingerprint density at radius 3 is 2.40 bits per heavy atom. The molecule has 186 valence electrons. The van der Waals surface area contributed by atoms with Gasteiger partial charge in [0.15, 0.2) is 0 Å². The van der Waals surface area contributed by atoms with Crippen molar-refractivity contribution in [2.75, 3.05) is 32.7 Å². The van der Waals surface area contributed by atoms with Crippen molar-refractivity contribution in [2.24, 2.45) is 0 Å². The fourth-order valence-electron chi connectivity index (χ4n) is 6.47. The second kappa shape index (κ2) is 9.85. The first-order chi connectivity index (χ1) is 16.9. The van der Waals surface area contributed by atoms with Crippen LogP contribution in [0.4, 0.5) is 8.78 Å². The number of halogens is 2. The van der Waals surface area contributed by atoms with E-state index >= 15 is 8.78 Å². The summed E-state index contributed by atoms with van der Waals surface area (Å²) in [5.41, 5.74) is 4.53. The van der Waals surface area contributed by atoms with E-state index in [0.717, 1.165) is 43.6 Å². The molecule has 2 heterocycles. The van der Waals surface area contributed by atoms with Gasteiger partial charge in [-0.1, -0.05) is 49.2 Å². The minimum atomic E-state index is -0.627. The van der Waals surface area contributed by atoms with Gasteiger partial charge in [-0.25, -0.2) is 8.78 Å². The monoisotopic (exact) mass is 478 g/mol. The minimum Gasteiger partial charge on any atom is -0.342 e. The lowest BCUT2D eigenvalue weighted by Crippen LogP contribution is -2.40. The van der Waals surface area contributed by atoms with Crippen LogP contribution in [0.3, 0.4) is 0 Å². The average molecular weight is 479 g/mol. The van der Waals surface area contributed by atoms with E-state index in [1.165, 1.54) is 30.9 Å². The zero-order chi connectivity index (χ0) is 24.6. The van der Waals surface area contributed by atoms with Crippen molar-refractivity contribution in [1.29, 1.82) is 0 Å². The number of amides is 1. The van der Waals surface area contributed by atoms with E-state index in [1.807, 2.05) is 29.2 Å². The third-order valence-corrected chi connectivity index (χ3v) is 8.42. The molecule has 3 aliphatic rings. The smallest absolute Gasteiger partial charge is 0.223 e. The van der Waals surface area contributed by atoms with Gasteiger partial charge in [-0.05, 0) is 86.0 Å². The van der Waals surface area contributed by atoms with Gasteiger partial charge in [0.05, 0.1) is 0 Å². The van der Waals surface area contributed by atoms with Gasteiger partial charge in [-0.2, -0.15) is 0 Å². The Labute approximate surface area is 207 Å². The van der Waals surface area contributed by atoms with E-state index in [9.17, 15) is 4.79 Å². The number of likely N-dealkylation sites (tertiary alicyclic amines) is 2. The maximum Gasteiger partial charge on any atom is 0.223 e. The van der Waals surface area contributed by atoms with Crippen LogP contribution >= 0.6 is 0 Å². The topological polar surface area (TPSA) is 23.6 Å². The Hall–Kier alpha value is -2.53. The van der Waals surface area contributed by atoms with Crippen LogP contribution < -0.4 is 0 Å². The van der Waals surface area contributed by atoms with Crippen LogP contribution in [0.5, 0.6) is 0 Å². The Balaban J connectivity index is 1.40. The Kier molecular flexibility index (Phi) is 6.80. The number of carbonyl (C=O) groups is 1. The van der Waals surface area contributed by atoms with Crippen LogP contribution in [-0.4, -0.2) is 48.4 Å². The van der Waals surface area contributed by atoms with Gasteiger partial charge in [0, 0.05) is 31.5 Å². The summed E-state index contributed by atoms with van der Waals surface area (Å²) >= 11 is 0. The van der Waals surface area contributed by atoms with Gasteiger partial charge in [0.25, 0.3) is 0 Å². The average Bonchev–Trinajstić information content (AvgIpc) is 3.19. The van der Waals surface area contributed by atoms with Gasteiger partial charge in [0.1, 0.15) is 11.6 Å². The third kappa shape index (κ3) is 4.55. The van der Waals surface area contributed by atoms with Crippen LogP contribution in [-0.2, 0) is 16.6 Å². The highest BCUT2D eigenvalue weighted by Gasteiger charge is 2.44. The van der Waals surface area contributed by atoms with Crippen LogP contribution in [0.2, 0.25) is 0 Å². The second-order valence-electron chi connectivity index (χ2n) is 10.7. The molecule has 0 aromatic heterocycles. The molecule has 2 saturated heterocycles. The molecule has 1 amide bonds. The lowest BCUT2D eigenvalue weighted by Gasteiger charge is -2.35. The summed E-state index contributed by atoms with van der Waals surface area (Å²) in [7, 11) is 0. The van der Waals surface area contributed by atoms with Crippen molar-refractivity contribution in [2.45, 2.75) is 64.2 Å². The molecule has 2 fully saturated rings. The quantitative estimate of drug-likeness (QED) is 0.535. The number of rotatable bonds is 4. The molecule has 5 heteroatoms. The highest BCUT2D eigenvalue weighted by Crippen LogP contribution is 2.52. The van der Waals surface area contributed by atoms with Crippen molar-refractivity contribution >= 4 is 11.5 Å². The molecule has 35 heavy (non-hydrogen) atoms. The van der Waals surface area contributed by atoms with E-state index in [-0.39, 0.29) is 17.5 Å². The molecule has 3 nitrogen and oxygen atoms in total. The number of hydrogen-bond donors (Lipinski definition) is 0. The van der Waals surface area contributed by atoms with Crippen molar-refractivity contribution in [3.63, 3.8) is 0 Å². The summed E-state index contributed by atoms with van der Waals surface area (Å²) in [5, 5.41) is 0. The summed E-state index contributed by atoms with van der Waals surface area (Å²) in [4.78, 5) is 17.3. The summed E-state index contributed by atoms with van der Waals surface area (Å²) in [5.74, 6) is -0.195. The summed E-state index contributed by atoms with van der Waals surface area (Å²) in [6, 6.07) is 10.7. The Morgan fingerprint density at radius 1 is 0.971 bits per heavy atom. The molecular weight excluding hydrogens is 442 g/mol. The van der Waals surface area contributed by atoms with Gasteiger partial charge >= 0.3 is 0 Å². The fourth-order valence-corrected chi connectivity index (χ4v) is 6.47. The van der Waals surface area contributed by atoms with Crippen molar-refractivity contribution in [3.8, 4) is 0 Å². The standard InChI is InChI=1S/C30H36F2N2O/c1-21-10-11-23-24(29(21)32)20-30(2,25-8-4-5-9-26(25)31)28(23)22-12-18-34(19-13-22)27(35)14-17-33-15-6-3-7-16-33/h4-5,8-11H,3,6-7,12-20H2,1-2H3. The van der Waals surface area contributed by atoms with E-state index in [2.05, 4.69) is 11.8 Å². The number of allylic oxidation sites excluding steroid dienone is 1. The van der Waals surface area contributed by atoms with Gasteiger partial charge in [-0.3, -0.25) is 4.79 Å². The lowest BCUT2D eigenvalue weighted by molar-refractivity contribution is -0.132. The number of aryl methyl sites for hydroxylation is 1. The number of benzene rings is 2. The zero-order valence-electron chi connectivity index (χ0n) is 21.0. The molecule has 0 saturated carbocycles. The van der Waals surface area contributed by atoms with Crippen molar-refractivity contribution < 1.29 is 13.6 Å². The number of piperidine rings is 2. The molecule has 0 spiro atoms. The first kappa shape index (κ1) is 24.2. The molecule has 2 aromatic rings. The molecule has 2 aliphatic heterocycles. The molecular formula is C30H36F2N2O. The lowest BCUT2D eigenvalue weighted by atomic mass is 9.73. The van der Waals surface area contributed by atoms with Crippen LogP contribution in [0.1, 0.15) is 67.7 Å². The highest BCUT2D eigenvalue weighted by atomic mass is 19.1. The largest absolute Gasteiger partial charge is 0.342 e. The maximum absolute atomic E-state index is 15.2. The first-order valence-electron chi connectivity index (χ1n) is 13.1. The number of hydrogen-bond acceptors (Lipinski definition) is 2. The van der Waals surface area contributed by atoms with Crippen LogP contribution in [0.25, 0.3) is 5.57 Å². The third-order valence-electron chi connectivity index (χ3n) is 8.42. The number of carbonyl (C=O) groups excluding carboxylic acids is 1. The molecule has 1 atom stereocenters. The molecule has 1 aliphatic carbocycles. The Bertz CT molecular complexity index is 1140. The van der Waals surface area contributed by atoms with Crippen molar-refractivity contribution in [3.05, 3.63) is 75.9 Å². The second-order valence-corrected chi connectivity index (χ2v) is 10.7. The maximum atomic E-state index is 15.2. The summed E-state index contributed by atoms with van der Waals surface area (Å²) in [6.07, 6.45) is 6.30. The Morgan fingerprint density at radius 2 is 1.69 bits per heavy atom. The highest BCUT2D eigenvalue weighted by molar-refractivity contribution is 5.85. The normalized spacial score (nSPS) is 23.0.